The third kappa shape index (κ3) is 0.554. The number of H-pyrrole nitrogens is 1. The summed E-state index contributed by atoms with van der Waals surface area (Å²) in [6, 6.07) is 1.94. The summed E-state index contributed by atoms with van der Waals surface area (Å²) in [7, 11) is 0. The lowest BCUT2D eigenvalue weighted by molar-refractivity contribution is 1.08. The van der Waals surface area contributed by atoms with Crippen molar-refractivity contribution in [2.75, 3.05) is 0 Å². The molecule has 0 aliphatic carbocycles. The average Bonchev–Trinajstić information content (AvgIpc) is 2.71. The van der Waals surface area contributed by atoms with Crippen LogP contribution in [0.25, 0.3) is 16.7 Å². The van der Waals surface area contributed by atoms with Crippen LogP contribution < -0.4 is 0 Å². The quantitative estimate of drug-likeness (QED) is 0.522. The number of hydrogen-bond donors (Lipinski definition) is 1. The highest BCUT2D eigenvalue weighted by molar-refractivity contribution is 5.88. The number of aromatic nitrogens is 5. The topological polar surface area (TPSA) is 58.9 Å². The number of hydrogen-bond acceptors (Lipinski definition) is 3. The lowest BCUT2D eigenvalue weighted by Gasteiger charge is -1.90. The van der Waals surface area contributed by atoms with E-state index in [2.05, 4.69) is 20.2 Å². The summed E-state index contributed by atoms with van der Waals surface area (Å²) < 4.78 is 1.79. The van der Waals surface area contributed by atoms with Gasteiger partial charge in [-0.2, -0.15) is 0 Å². The van der Waals surface area contributed by atoms with Crippen molar-refractivity contribution in [3.05, 3.63) is 24.9 Å². The zero-order valence-corrected chi connectivity index (χ0v) is 6.10. The second kappa shape index (κ2) is 1.82. The number of nitrogens with one attached hydrogen (secondary N) is 1. The lowest BCUT2D eigenvalue weighted by Crippen LogP contribution is -1.86. The fourth-order valence-electron chi connectivity index (χ4n) is 1.29. The Labute approximate surface area is 67.1 Å². The number of aromatic amines is 1. The number of rotatable bonds is 0. The van der Waals surface area contributed by atoms with Gasteiger partial charge in [-0.05, 0) is 6.07 Å². The van der Waals surface area contributed by atoms with E-state index in [4.69, 9.17) is 0 Å². The second-order valence-electron chi connectivity index (χ2n) is 2.55. The molecule has 5 heteroatoms. The molecular weight excluding hydrogens is 154 g/mol. The minimum atomic E-state index is 0.834. The molecule has 0 saturated heterocycles. The molecule has 0 radical (unpaired) electrons. The fraction of sp³-hybridized carbons (Fsp3) is 0. The first kappa shape index (κ1) is 5.70. The van der Waals surface area contributed by atoms with E-state index in [1.54, 1.807) is 17.1 Å². The van der Waals surface area contributed by atoms with Crippen LogP contribution in [0.15, 0.2) is 24.9 Å². The van der Waals surface area contributed by atoms with Gasteiger partial charge in [0.1, 0.15) is 18.3 Å². The summed E-state index contributed by atoms with van der Waals surface area (Å²) >= 11 is 0. The van der Waals surface area contributed by atoms with Gasteiger partial charge in [-0.3, -0.25) is 4.40 Å². The predicted octanol–water partition coefficient (Wildman–Crippen LogP) is 0.606. The van der Waals surface area contributed by atoms with E-state index in [0.717, 1.165) is 16.7 Å². The fourth-order valence-corrected chi connectivity index (χ4v) is 1.29. The first-order chi connectivity index (χ1) is 5.95. The summed E-state index contributed by atoms with van der Waals surface area (Å²) in [5.74, 6) is 0. The van der Waals surface area contributed by atoms with Gasteiger partial charge in [0, 0.05) is 6.20 Å². The van der Waals surface area contributed by atoms with Gasteiger partial charge in [0.15, 0.2) is 5.65 Å². The number of nitrogens with zero attached hydrogens (tertiary/aromatic N) is 4. The third-order valence-electron chi connectivity index (χ3n) is 1.85. The van der Waals surface area contributed by atoms with Crippen LogP contribution in [0.3, 0.4) is 0 Å². The molecule has 0 amide bonds. The Bertz CT molecular complexity index is 485. The SMILES string of the molecule is c1cc2c(ncn3cnnc23)[nH]1. The monoisotopic (exact) mass is 159 g/mol. The molecule has 1 N–H and O–H groups in total. The maximum absolute atomic E-state index is 4.17. The summed E-state index contributed by atoms with van der Waals surface area (Å²) in [6.45, 7) is 0. The van der Waals surface area contributed by atoms with Crippen molar-refractivity contribution in [2.24, 2.45) is 0 Å². The Balaban J connectivity index is 2.71. The first-order valence-electron chi connectivity index (χ1n) is 3.56. The van der Waals surface area contributed by atoms with E-state index in [0.29, 0.717) is 0 Å². The van der Waals surface area contributed by atoms with Crippen LogP contribution in [-0.4, -0.2) is 24.6 Å². The highest BCUT2D eigenvalue weighted by atomic mass is 15.2. The van der Waals surface area contributed by atoms with Gasteiger partial charge in [-0.25, -0.2) is 4.98 Å². The Morgan fingerprint density at radius 3 is 3.33 bits per heavy atom. The molecule has 0 fully saturated rings. The first-order valence-corrected chi connectivity index (χ1v) is 3.56. The zero-order valence-electron chi connectivity index (χ0n) is 6.10. The van der Waals surface area contributed by atoms with Crippen molar-refractivity contribution >= 4 is 16.7 Å². The third-order valence-corrected chi connectivity index (χ3v) is 1.85. The molecule has 0 saturated carbocycles. The molecule has 0 aromatic carbocycles. The maximum Gasteiger partial charge on any atom is 0.172 e. The maximum atomic E-state index is 4.17. The molecule has 0 atom stereocenters. The minimum absolute atomic E-state index is 0.834. The molecule has 0 spiro atoms. The van der Waals surface area contributed by atoms with Crippen LogP contribution in [0.2, 0.25) is 0 Å². The van der Waals surface area contributed by atoms with Gasteiger partial charge in [0.2, 0.25) is 0 Å². The minimum Gasteiger partial charge on any atom is -0.346 e. The van der Waals surface area contributed by atoms with Crippen LogP contribution in [0, 0.1) is 0 Å². The van der Waals surface area contributed by atoms with E-state index in [1.165, 1.54) is 0 Å². The van der Waals surface area contributed by atoms with Crippen LogP contribution >= 0.6 is 0 Å². The summed E-state index contributed by atoms with van der Waals surface area (Å²) in [5.41, 5.74) is 1.68. The highest BCUT2D eigenvalue weighted by Gasteiger charge is 2.02. The molecule has 12 heavy (non-hydrogen) atoms. The van der Waals surface area contributed by atoms with Crippen LogP contribution in [0.1, 0.15) is 0 Å². The molecule has 5 nitrogen and oxygen atoms in total. The predicted molar refractivity (Wildman–Crippen MR) is 42.6 cm³/mol. The van der Waals surface area contributed by atoms with Crippen molar-refractivity contribution in [1.29, 1.82) is 0 Å². The molecule has 3 rings (SSSR count). The van der Waals surface area contributed by atoms with E-state index >= 15 is 0 Å². The Hall–Kier alpha value is -1.91. The van der Waals surface area contributed by atoms with Crippen LogP contribution in [-0.2, 0) is 0 Å². The van der Waals surface area contributed by atoms with E-state index in [9.17, 15) is 0 Å². The Morgan fingerprint density at radius 1 is 1.33 bits per heavy atom. The average molecular weight is 159 g/mol. The molecular formula is C7H5N5. The molecule has 0 unspecified atom stereocenters. The van der Waals surface area contributed by atoms with Crippen LogP contribution in [0.4, 0.5) is 0 Å². The van der Waals surface area contributed by atoms with Crippen LogP contribution in [0.5, 0.6) is 0 Å². The molecule has 3 aromatic heterocycles. The summed E-state index contributed by atoms with van der Waals surface area (Å²) in [6.07, 6.45) is 5.16. The summed E-state index contributed by atoms with van der Waals surface area (Å²) in [5, 5.41) is 8.76. The van der Waals surface area contributed by atoms with Gasteiger partial charge in [-0.15, -0.1) is 10.2 Å². The van der Waals surface area contributed by atoms with Gasteiger partial charge >= 0.3 is 0 Å². The Kier molecular flexibility index (Phi) is 0.864. The molecule has 3 aromatic rings. The number of fused-ring (bicyclic) bond motifs is 3. The molecule has 0 aliphatic rings. The second-order valence-corrected chi connectivity index (χ2v) is 2.55. The standard InChI is InChI=1S/C7H5N5/c1-2-8-6-5(1)7-11-10-4-12(7)3-9-6/h1-4,8H. The summed E-state index contributed by atoms with van der Waals surface area (Å²) in [4.78, 5) is 7.18. The van der Waals surface area contributed by atoms with Gasteiger partial charge in [0.05, 0.1) is 5.39 Å². The van der Waals surface area contributed by atoms with Gasteiger partial charge in [-0.1, -0.05) is 0 Å². The molecule has 3 heterocycles. The zero-order chi connectivity index (χ0) is 7.97. The highest BCUT2D eigenvalue weighted by Crippen LogP contribution is 2.12. The van der Waals surface area contributed by atoms with E-state index in [-0.39, 0.29) is 0 Å². The van der Waals surface area contributed by atoms with Crippen molar-refractivity contribution in [2.45, 2.75) is 0 Å². The Morgan fingerprint density at radius 2 is 2.33 bits per heavy atom. The van der Waals surface area contributed by atoms with E-state index < -0.39 is 0 Å². The largest absolute Gasteiger partial charge is 0.346 e. The normalized spacial score (nSPS) is 11.3. The molecule has 0 aliphatic heterocycles. The van der Waals surface area contributed by atoms with Crippen molar-refractivity contribution in [1.82, 2.24) is 24.6 Å². The molecule has 0 bridgehead atoms. The molecule has 58 valence electrons. The lowest BCUT2D eigenvalue weighted by atomic mass is 10.4. The smallest absolute Gasteiger partial charge is 0.172 e. The van der Waals surface area contributed by atoms with Gasteiger partial charge < -0.3 is 4.98 Å². The van der Waals surface area contributed by atoms with Gasteiger partial charge in [0.25, 0.3) is 0 Å². The van der Waals surface area contributed by atoms with E-state index in [1.807, 2.05) is 12.3 Å². The van der Waals surface area contributed by atoms with Crippen molar-refractivity contribution in [3.63, 3.8) is 0 Å². The van der Waals surface area contributed by atoms with Crippen molar-refractivity contribution in [3.8, 4) is 0 Å². The van der Waals surface area contributed by atoms with Crippen molar-refractivity contribution < 1.29 is 0 Å².